The summed E-state index contributed by atoms with van der Waals surface area (Å²) >= 11 is 5.94. The fraction of sp³-hybridized carbons (Fsp3) is 0.381. The van der Waals surface area contributed by atoms with E-state index in [2.05, 4.69) is 5.32 Å². The average molecular weight is 453 g/mol. The van der Waals surface area contributed by atoms with Gasteiger partial charge in [-0.15, -0.1) is 0 Å². The highest BCUT2D eigenvalue weighted by atomic mass is 35.5. The molecule has 1 aliphatic heterocycles. The topological polar surface area (TPSA) is 84.9 Å². The Balaban J connectivity index is 1.78. The van der Waals surface area contributed by atoms with Crippen LogP contribution in [0.5, 0.6) is 11.5 Å². The lowest BCUT2D eigenvalue weighted by Crippen LogP contribution is -2.36. The van der Waals surface area contributed by atoms with E-state index in [0.29, 0.717) is 29.5 Å². The maximum absolute atomic E-state index is 13.1. The molecule has 3 rings (SSSR count). The SMILES string of the molecule is COc1ccc(NC(=O)[C@@H](C)Oc2cccc(Cl)c2)cc1S(=O)(=O)N1CCCCC1. The molecule has 7 nitrogen and oxygen atoms in total. The number of ether oxygens (including phenoxy) is 2. The van der Waals surface area contributed by atoms with Crippen molar-refractivity contribution in [3.8, 4) is 11.5 Å². The third kappa shape index (κ3) is 5.24. The number of benzene rings is 2. The molecule has 1 N–H and O–H groups in total. The first-order chi connectivity index (χ1) is 14.3. The summed E-state index contributed by atoms with van der Waals surface area (Å²) in [7, 11) is -2.31. The molecular weight excluding hydrogens is 428 g/mol. The third-order valence-corrected chi connectivity index (χ3v) is 7.00. The van der Waals surface area contributed by atoms with Crippen LogP contribution in [0.4, 0.5) is 5.69 Å². The van der Waals surface area contributed by atoms with E-state index in [0.717, 1.165) is 19.3 Å². The predicted molar refractivity (Wildman–Crippen MR) is 116 cm³/mol. The number of piperidine rings is 1. The smallest absolute Gasteiger partial charge is 0.265 e. The molecule has 162 valence electrons. The molecule has 2 aromatic rings. The number of hydrogen-bond donors (Lipinski definition) is 1. The van der Waals surface area contributed by atoms with E-state index in [1.807, 2.05) is 0 Å². The summed E-state index contributed by atoms with van der Waals surface area (Å²) in [4.78, 5) is 12.6. The molecule has 1 heterocycles. The molecule has 1 saturated heterocycles. The Kier molecular flexibility index (Phi) is 7.23. The number of rotatable bonds is 7. The van der Waals surface area contributed by atoms with Crippen LogP contribution in [0.1, 0.15) is 26.2 Å². The van der Waals surface area contributed by atoms with E-state index in [9.17, 15) is 13.2 Å². The summed E-state index contributed by atoms with van der Waals surface area (Å²) in [5.41, 5.74) is 0.345. The van der Waals surface area contributed by atoms with Gasteiger partial charge >= 0.3 is 0 Å². The summed E-state index contributed by atoms with van der Waals surface area (Å²) in [5, 5.41) is 3.21. The van der Waals surface area contributed by atoms with Gasteiger partial charge in [-0.3, -0.25) is 4.79 Å². The number of carbonyl (C=O) groups is 1. The first-order valence-electron chi connectivity index (χ1n) is 9.72. The van der Waals surface area contributed by atoms with E-state index in [4.69, 9.17) is 21.1 Å². The minimum absolute atomic E-state index is 0.0353. The molecule has 1 atom stereocenters. The van der Waals surface area contributed by atoms with Gasteiger partial charge in [-0.05, 0) is 56.2 Å². The largest absolute Gasteiger partial charge is 0.495 e. The van der Waals surface area contributed by atoms with Crippen LogP contribution in [0.15, 0.2) is 47.4 Å². The van der Waals surface area contributed by atoms with Crippen molar-refractivity contribution in [3.05, 3.63) is 47.5 Å². The number of hydrogen-bond acceptors (Lipinski definition) is 5. The highest BCUT2D eigenvalue weighted by Gasteiger charge is 2.29. The summed E-state index contributed by atoms with van der Waals surface area (Å²) in [5.74, 6) is 0.288. The van der Waals surface area contributed by atoms with Gasteiger partial charge in [0.2, 0.25) is 10.0 Å². The van der Waals surface area contributed by atoms with Gasteiger partial charge in [0.15, 0.2) is 6.10 Å². The third-order valence-electron chi connectivity index (χ3n) is 4.84. The first-order valence-corrected chi connectivity index (χ1v) is 11.5. The van der Waals surface area contributed by atoms with Gasteiger partial charge in [-0.2, -0.15) is 4.31 Å². The Morgan fingerprint density at radius 2 is 1.87 bits per heavy atom. The van der Waals surface area contributed by atoms with Crippen molar-refractivity contribution in [2.45, 2.75) is 37.2 Å². The van der Waals surface area contributed by atoms with Crippen LogP contribution in [0.3, 0.4) is 0 Å². The Labute approximate surface area is 182 Å². The number of amides is 1. The molecule has 1 amide bonds. The molecule has 0 radical (unpaired) electrons. The molecule has 0 aliphatic carbocycles. The van der Waals surface area contributed by atoms with E-state index in [-0.39, 0.29) is 10.6 Å². The number of carbonyl (C=O) groups excluding carboxylic acids is 1. The fourth-order valence-corrected chi connectivity index (χ4v) is 5.12. The van der Waals surface area contributed by atoms with Crippen molar-refractivity contribution in [3.63, 3.8) is 0 Å². The first kappa shape index (κ1) is 22.4. The Bertz CT molecular complexity index is 1010. The Morgan fingerprint density at radius 3 is 2.53 bits per heavy atom. The van der Waals surface area contributed by atoms with Crippen LogP contribution in [-0.4, -0.2) is 44.9 Å². The van der Waals surface area contributed by atoms with Gasteiger partial charge in [0.1, 0.15) is 16.4 Å². The number of nitrogens with zero attached hydrogens (tertiary/aromatic N) is 1. The lowest BCUT2D eigenvalue weighted by atomic mass is 10.2. The molecule has 0 unspecified atom stereocenters. The summed E-state index contributed by atoms with van der Waals surface area (Å²) in [6.45, 7) is 2.56. The van der Waals surface area contributed by atoms with Crippen LogP contribution >= 0.6 is 11.6 Å². The predicted octanol–water partition coefficient (Wildman–Crippen LogP) is 3.93. The summed E-state index contributed by atoms with van der Waals surface area (Å²) < 4.78 is 38.6. The molecule has 0 spiro atoms. The lowest BCUT2D eigenvalue weighted by Gasteiger charge is -2.26. The van der Waals surface area contributed by atoms with Gasteiger partial charge in [0.25, 0.3) is 5.91 Å². The lowest BCUT2D eigenvalue weighted by molar-refractivity contribution is -0.122. The number of halogens is 1. The monoisotopic (exact) mass is 452 g/mol. The number of methoxy groups -OCH3 is 1. The molecule has 1 aliphatic rings. The van der Waals surface area contributed by atoms with E-state index < -0.39 is 22.0 Å². The minimum Gasteiger partial charge on any atom is -0.495 e. The zero-order valence-electron chi connectivity index (χ0n) is 16.9. The van der Waals surface area contributed by atoms with E-state index >= 15 is 0 Å². The number of nitrogens with one attached hydrogen (secondary N) is 1. The van der Waals surface area contributed by atoms with Gasteiger partial charge in [0.05, 0.1) is 7.11 Å². The molecule has 9 heteroatoms. The van der Waals surface area contributed by atoms with Crippen molar-refractivity contribution >= 4 is 33.2 Å². The second-order valence-corrected chi connectivity index (χ2v) is 9.38. The normalized spacial score (nSPS) is 16.0. The highest BCUT2D eigenvalue weighted by molar-refractivity contribution is 7.89. The second kappa shape index (κ2) is 9.68. The van der Waals surface area contributed by atoms with Gasteiger partial charge in [-0.25, -0.2) is 8.42 Å². The van der Waals surface area contributed by atoms with Gasteiger partial charge < -0.3 is 14.8 Å². The Hall–Kier alpha value is -2.29. The quantitative estimate of drug-likeness (QED) is 0.688. The van der Waals surface area contributed by atoms with Crippen LogP contribution in [0.2, 0.25) is 5.02 Å². The molecule has 0 bridgehead atoms. The second-order valence-electron chi connectivity index (χ2n) is 7.04. The van der Waals surface area contributed by atoms with Crippen LogP contribution in [0, 0.1) is 0 Å². The van der Waals surface area contributed by atoms with Crippen molar-refractivity contribution < 1.29 is 22.7 Å². The average Bonchev–Trinajstić information content (AvgIpc) is 2.74. The zero-order valence-corrected chi connectivity index (χ0v) is 18.5. The van der Waals surface area contributed by atoms with Crippen LogP contribution in [-0.2, 0) is 14.8 Å². The van der Waals surface area contributed by atoms with Crippen LogP contribution < -0.4 is 14.8 Å². The number of sulfonamides is 1. The van der Waals surface area contributed by atoms with Crippen molar-refractivity contribution in [2.24, 2.45) is 0 Å². The molecule has 0 saturated carbocycles. The fourth-order valence-electron chi connectivity index (χ4n) is 3.24. The van der Waals surface area contributed by atoms with Gasteiger partial charge in [-0.1, -0.05) is 24.1 Å². The summed E-state index contributed by atoms with van der Waals surface area (Å²) in [6.07, 6.45) is 1.86. The van der Waals surface area contributed by atoms with Crippen molar-refractivity contribution in [2.75, 3.05) is 25.5 Å². The molecule has 2 aromatic carbocycles. The molecule has 1 fully saturated rings. The maximum Gasteiger partial charge on any atom is 0.265 e. The van der Waals surface area contributed by atoms with Gasteiger partial charge in [0, 0.05) is 23.8 Å². The summed E-state index contributed by atoms with van der Waals surface area (Å²) in [6, 6.07) is 11.3. The highest BCUT2D eigenvalue weighted by Crippen LogP contribution is 2.31. The minimum atomic E-state index is -3.73. The molecule has 0 aromatic heterocycles. The zero-order chi connectivity index (χ0) is 21.7. The molecule has 30 heavy (non-hydrogen) atoms. The van der Waals surface area contributed by atoms with E-state index in [1.165, 1.54) is 23.5 Å². The Morgan fingerprint density at radius 1 is 1.13 bits per heavy atom. The van der Waals surface area contributed by atoms with E-state index in [1.54, 1.807) is 37.3 Å². The van der Waals surface area contributed by atoms with Crippen molar-refractivity contribution in [1.82, 2.24) is 4.31 Å². The standard InChI is InChI=1S/C21H25ClN2O5S/c1-15(29-18-8-6-7-16(22)13-18)21(25)23-17-9-10-19(28-2)20(14-17)30(26,27)24-11-4-3-5-12-24/h6-10,13-15H,3-5,11-12H2,1-2H3,(H,23,25)/t15-/m1/s1. The number of anilines is 1. The van der Waals surface area contributed by atoms with Crippen LogP contribution in [0.25, 0.3) is 0 Å². The van der Waals surface area contributed by atoms with Crippen molar-refractivity contribution in [1.29, 1.82) is 0 Å². The maximum atomic E-state index is 13.1. The molecular formula is C21H25ClN2O5S.